The van der Waals surface area contributed by atoms with Crippen molar-refractivity contribution in [1.82, 2.24) is 19.6 Å². The molecule has 0 aliphatic heterocycles. The zero-order valence-electron chi connectivity index (χ0n) is 15.8. The quantitative estimate of drug-likeness (QED) is 0.581. The van der Waals surface area contributed by atoms with Crippen molar-refractivity contribution in [3.8, 4) is 11.3 Å². The number of benzene rings is 1. The van der Waals surface area contributed by atoms with E-state index in [2.05, 4.69) is 30.0 Å². The maximum Gasteiger partial charge on any atom is 0.248 e. The third-order valence-electron chi connectivity index (χ3n) is 4.78. The minimum absolute atomic E-state index is 0.400. The first-order valence-corrected chi connectivity index (χ1v) is 9.19. The molecule has 0 saturated heterocycles. The van der Waals surface area contributed by atoms with E-state index in [1.165, 1.54) is 5.56 Å². The zero-order valence-corrected chi connectivity index (χ0v) is 15.8. The third-order valence-corrected chi connectivity index (χ3v) is 4.78. The molecule has 1 amide bonds. The maximum absolute atomic E-state index is 11.2. The first-order valence-electron chi connectivity index (χ1n) is 9.19. The van der Waals surface area contributed by atoms with Crippen LogP contribution < -0.4 is 5.73 Å². The Morgan fingerprint density at radius 1 is 1.14 bits per heavy atom. The Bertz CT molecular complexity index is 1150. The van der Waals surface area contributed by atoms with E-state index in [4.69, 9.17) is 10.7 Å². The Hall–Kier alpha value is -3.54. The maximum atomic E-state index is 11.2. The molecule has 2 N–H and O–H groups in total. The number of amides is 1. The minimum Gasteiger partial charge on any atom is -0.366 e. The molecule has 0 spiro atoms. The summed E-state index contributed by atoms with van der Waals surface area (Å²) in [6, 6.07) is 13.3. The van der Waals surface area contributed by atoms with Gasteiger partial charge in [0.15, 0.2) is 0 Å². The number of fused-ring (bicyclic) bond motifs is 1. The molecule has 0 aliphatic carbocycles. The lowest BCUT2D eigenvalue weighted by Crippen LogP contribution is -2.10. The lowest BCUT2D eigenvalue weighted by Gasteiger charge is -2.07. The van der Waals surface area contributed by atoms with Crippen LogP contribution in [0.3, 0.4) is 0 Å². The summed E-state index contributed by atoms with van der Waals surface area (Å²) in [6.07, 6.45) is 6.24. The summed E-state index contributed by atoms with van der Waals surface area (Å²) < 4.78 is 1.89. The highest BCUT2D eigenvalue weighted by atomic mass is 16.1. The van der Waals surface area contributed by atoms with Gasteiger partial charge in [-0.2, -0.15) is 5.10 Å². The van der Waals surface area contributed by atoms with Crippen LogP contribution in [0.1, 0.15) is 47.1 Å². The molecule has 140 valence electrons. The molecule has 4 aromatic rings. The van der Waals surface area contributed by atoms with Gasteiger partial charge >= 0.3 is 0 Å². The second kappa shape index (κ2) is 7.23. The monoisotopic (exact) mass is 371 g/mol. The van der Waals surface area contributed by atoms with E-state index >= 15 is 0 Å². The lowest BCUT2D eigenvalue weighted by molar-refractivity contribution is 0.100. The van der Waals surface area contributed by atoms with Crippen molar-refractivity contribution in [1.29, 1.82) is 0 Å². The number of nitrogens with zero attached hydrogens (tertiary/aromatic N) is 4. The number of pyridine rings is 1. The molecule has 4 rings (SSSR count). The second-order valence-electron chi connectivity index (χ2n) is 7.10. The number of aromatic nitrogens is 4. The van der Waals surface area contributed by atoms with E-state index in [9.17, 15) is 4.79 Å². The fourth-order valence-corrected chi connectivity index (χ4v) is 3.22. The van der Waals surface area contributed by atoms with Gasteiger partial charge in [-0.3, -0.25) is 4.79 Å². The van der Waals surface area contributed by atoms with Crippen molar-refractivity contribution in [2.45, 2.75) is 26.2 Å². The predicted molar refractivity (Wildman–Crippen MR) is 108 cm³/mol. The molecule has 0 fully saturated rings. The van der Waals surface area contributed by atoms with Gasteiger partial charge in [-0.15, -0.1) is 0 Å². The van der Waals surface area contributed by atoms with Crippen LogP contribution >= 0.6 is 0 Å². The van der Waals surface area contributed by atoms with Crippen LogP contribution in [-0.2, 0) is 6.42 Å². The number of nitrogens with two attached hydrogens (primary N) is 1. The predicted octanol–water partition coefficient (Wildman–Crippen LogP) is 3.60. The third kappa shape index (κ3) is 3.49. The number of primary amides is 1. The SMILES string of the molecule is CC(C)c1cnn2ccc(-c3ccnc(Cc4ccc(C(N)=O)cc4)n3)cc12. The van der Waals surface area contributed by atoms with Crippen molar-refractivity contribution in [2.75, 3.05) is 0 Å². The van der Waals surface area contributed by atoms with E-state index in [1.54, 1.807) is 18.3 Å². The van der Waals surface area contributed by atoms with Crippen molar-refractivity contribution in [3.63, 3.8) is 0 Å². The van der Waals surface area contributed by atoms with Gasteiger partial charge in [0.2, 0.25) is 5.91 Å². The molecule has 0 aliphatic rings. The normalized spacial score (nSPS) is 11.2. The Labute approximate surface area is 163 Å². The fourth-order valence-electron chi connectivity index (χ4n) is 3.22. The number of hydrogen-bond acceptors (Lipinski definition) is 4. The second-order valence-corrected chi connectivity index (χ2v) is 7.10. The first kappa shape index (κ1) is 17.9. The molecule has 6 heteroatoms. The highest BCUT2D eigenvalue weighted by molar-refractivity contribution is 5.92. The largest absolute Gasteiger partial charge is 0.366 e. The highest BCUT2D eigenvalue weighted by Crippen LogP contribution is 2.25. The summed E-state index contributed by atoms with van der Waals surface area (Å²) in [5.41, 5.74) is 11.0. The van der Waals surface area contributed by atoms with Gasteiger partial charge in [0, 0.05) is 35.5 Å². The van der Waals surface area contributed by atoms with Crippen molar-refractivity contribution >= 4 is 11.4 Å². The average Bonchev–Trinajstić information content (AvgIpc) is 3.12. The highest BCUT2D eigenvalue weighted by Gasteiger charge is 2.10. The zero-order chi connectivity index (χ0) is 19.7. The van der Waals surface area contributed by atoms with Crippen LogP contribution in [0.2, 0.25) is 0 Å². The van der Waals surface area contributed by atoms with Crippen LogP contribution in [0.4, 0.5) is 0 Å². The van der Waals surface area contributed by atoms with Gasteiger partial charge < -0.3 is 5.73 Å². The lowest BCUT2D eigenvalue weighted by atomic mass is 10.0. The Balaban J connectivity index is 1.64. The van der Waals surface area contributed by atoms with Crippen molar-refractivity contribution < 1.29 is 4.79 Å². The van der Waals surface area contributed by atoms with E-state index in [1.807, 2.05) is 41.2 Å². The van der Waals surface area contributed by atoms with Gasteiger partial charge in [0.05, 0.1) is 17.4 Å². The van der Waals surface area contributed by atoms with Gasteiger partial charge in [0.1, 0.15) is 5.82 Å². The number of carbonyl (C=O) groups excluding carboxylic acids is 1. The van der Waals surface area contributed by atoms with E-state index in [0.717, 1.165) is 28.2 Å². The van der Waals surface area contributed by atoms with E-state index < -0.39 is 5.91 Å². The summed E-state index contributed by atoms with van der Waals surface area (Å²) in [4.78, 5) is 20.3. The van der Waals surface area contributed by atoms with E-state index in [0.29, 0.717) is 17.9 Å². The molecular formula is C22H21N5O. The van der Waals surface area contributed by atoms with Gasteiger partial charge in [-0.05, 0) is 41.8 Å². The molecule has 0 unspecified atom stereocenters. The number of rotatable bonds is 5. The summed E-state index contributed by atoms with van der Waals surface area (Å²) >= 11 is 0. The standard InChI is InChI=1S/C22H21N5O/c1-14(2)18-13-25-27-10-8-17(12-20(18)27)19-7-9-24-21(26-19)11-15-3-5-16(6-4-15)22(23)28/h3-10,12-14H,11H2,1-2H3,(H2,23,28). The summed E-state index contributed by atoms with van der Waals surface area (Å²) in [6.45, 7) is 4.33. The first-order chi connectivity index (χ1) is 13.5. The Morgan fingerprint density at radius 3 is 2.64 bits per heavy atom. The molecule has 3 aromatic heterocycles. The van der Waals surface area contributed by atoms with Crippen molar-refractivity contribution in [2.24, 2.45) is 5.73 Å². The smallest absolute Gasteiger partial charge is 0.248 e. The van der Waals surface area contributed by atoms with E-state index in [-0.39, 0.29) is 0 Å². The minimum atomic E-state index is -0.430. The van der Waals surface area contributed by atoms with Crippen LogP contribution in [0, 0.1) is 0 Å². The van der Waals surface area contributed by atoms with Crippen molar-refractivity contribution in [3.05, 3.63) is 83.6 Å². The van der Waals surface area contributed by atoms with Crippen LogP contribution in [0.5, 0.6) is 0 Å². The summed E-state index contributed by atoms with van der Waals surface area (Å²) in [5.74, 6) is 0.694. The van der Waals surface area contributed by atoms with Crippen LogP contribution in [0.15, 0.2) is 61.1 Å². The van der Waals surface area contributed by atoms with Crippen LogP contribution in [-0.4, -0.2) is 25.5 Å². The molecule has 0 saturated carbocycles. The molecule has 6 nitrogen and oxygen atoms in total. The molecule has 3 heterocycles. The summed E-state index contributed by atoms with van der Waals surface area (Å²) in [7, 11) is 0. The molecule has 0 atom stereocenters. The fraction of sp³-hybridized carbons (Fsp3) is 0.182. The topological polar surface area (TPSA) is 86.2 Å². The molecule has 0 radical (unpaired) electrons. The Morgan fingerprint density at radius 2 is 1.93 bits per heavy atom. The summed E-state index contributed by atoms with van der Waals surface area (Å²) in [5, 5.41) is 4.42. The van der Waals surface area contributed by atoms with Gasteiger partial charge in [-0.1, -0.05) is 26.0 Å². The van der Waals surface area contributed by atoms with Gasteiger partial charge in [0.25, 0.3) is 0 Å². The van der Waals surface area contributed by atoms with Gasteiger partial charge in [-0.25, -0.2) is 14.5 Å². The molecular weight excluding hydrogens is 350 g/mol. The number of carbonyl (C=O) groups is 1. The average molecular weight is 371 g/mol. The molecule has 0 bridgehead atoms. The molecule has 28 heavy (non-hydrogen) atoms. The Kier molecular flexibility index (Phi) is 4.61. The van der Waals surface area contributed by atoms with Crippen LogP contribution in [0.25, 0.3) is 16.8 Å². The molecule has 1 aromatic carbocycles. The number of hydrogen-bond donors (Lipinski definition) is 1.